The number of alkyl halides is 3. The fraction of sp³-hybridized carbons (Fsp3) is 0.588. The third-order valence-corrected chi connectivity index (χ3v) is 6.18. The van der Waals surface area contributed by atoms with E-state index in [1.165, 1.54) is 41.6 Å². The smallest absolute Gasteiger partial charge is 0.333 e. The Labute approximate surface area is 144 Å². The first-order chi connectivity index (χ1) is 11.4. The van der Waals surface area contributed by atoms with Crippen LogP contribution >= 0.6 is 11.8 Å². The molecule has 1 amide bonds. The number of benzene rings is 1. The van der Waals surface area contributed by atoms with E-state index >= 15 is 0 Å². The third kappa shape index (κ3) is 3.72. The first-order valence-electron chi connectivity index (χ1n) is 8.33. The van der Waals surface area contributed by atoms with Crippen molar-refractivity contribution in [3.8, 4) is 0 Å². The molecule has 3 nitrogen and oxygen atoms in total. The number of nitrogens with one attached hydrogen (secondary N) is 1. The second-order valence-electron chi connectivity index (χ2n) is 6.49. The molecule has 7 heteroatoms. The summed E-state index contributed by atoms with van der Waals surface area (Å²) >= 11 is 1.52. The molecule has 132 valence electrons. The molecule has 2 aliphatic rings. The molecule has 0 saturated carbocycles. The van der Waals surface area contributed by atoms with Gasteiger partial charge in [0.2, 0.25) is 5.91 Å². The quantitative estimate of drug-likeness (QED) is 0.893. The Bertz CT molecular complexity index is 584. The van der Waals surface area contributed by atoms with Crippen LogP contribution in [0.4, 0.5) is 13.2 Å². The number of carbonyl (C=O) groups is 1. The highest BCUT2D eigenvalue weighted by Gasteiger charge is 2.39. The van der Waals surface area contributed by atoms with Gasteiger partial charge in [0, 0.05) is 12.8 Å². The van der Waals surface area contributed by atoms with Gasteiger partial charge in [0.1, 0.15) is 5.37 Å². The maximum Gasteiger partial charge on any atom is 0.416 e. The van der Waals surface area contributed by atoms with Crippen molar-refractivity contribution >= 4 is 17.7 Å². The summed E-state index contributed by atoms with van der Waals surface area (Å²) in [6, 6.07) is 5.21. The van der Waals surface area contributed by atoms with Gasteiger partial charge in [-0.3, -0.25) is 4.79 Å². The summed E-state index contributed by atoms with van der Waals surface area (Å²) in [5.41, 5.74) is 0.115. The first-order valence-corrected chi connectivity index (χ1v) is 9.27. The maximum atomic E-state index is 12.7. The Morgan fingerprint density at radius 1 is 1.21 bits per heavy atom. The lowest BCUT2D eigenvalue weighted by atomic mass is 10.1. The van der Waals surface area contributed by atoms with Crippen molar-refractivity contribution in [3.63, 3.8) is 0 Å². The number of carbonyl (C=O) groups excluding carboxylic acids is 1. The molecule has 0 unspecified atom stereocenters. The van der Waals surface area contributed by atoms with E-state index in [9.17, 15) is 18.0 Å². The van der Waals surface area contributed by atoms with Crippen LogP contribution in [0.5, 0.6) is 0 Å². The highest BCUT2D eigenvalue weighted by molar-refractivity contribution is 8.01. The van der Waals surface area contributed by atoms with Crippen LogP contribution in [0.1, 0.15) is 36.3 Å². The minimum atomic E-state index is -4.33. The van der Waals surface area contributed by atoms with Gasteiger partial charge >= 0.3 is 6.18 Å². The highest BCUT2D eigenvalue weighted by Crippen LogP contribution is 2.43. The van der Waals surface area contributed by atoms with Gasteiger partial charge in [0.05, 0.1) is 37.0 Å². The molecule has 3 rings (SSSR count). The second-order valence-corrected chi connectivity index (χ2v) is 7.91. The number of halogens is 3. The summed E-state index contributed by atoms with van der Waals surface area (Å²) < 4.78 is 38.2. The number of thioether (sulfide) groups is 1. The van der Waals surface area contributed by atoms with E-state index < -0.39 is 11.7 Å². The van der Waals surface area contributed by atoms with E-state index in [-0.39, 0.29) is 16.5 Å². The maximum absolute atomic E-state index is 12.7. The van der Waals surface area contributed by atoms with Gasteiger partial charge in [-0.1, -0.05) is 12.1 Å². The van der Waals surface area contributed by atoms with E-state index in [1.807, 2.05) is 11.8 Å². The average Bonchev–Trinajstić information content (AvgIpc) is 3.14. The van der Waals surface area contributed by atoms with Crippen LogP contribution < -0.4 is 4.90 Å². The van der Waals surface area contributed by atoms with Gasteiger partial charge in [-0.05, 0) is 24.6 Å². The topological polar surface area (TPSA) is 24.8 Å². The summed E-state index contributed by atoms with van der Waals surface area (Å²) in [6.45, 7) is 5.74. The van der Waals surface area contributed by atoms with Gasteiger partial charge in [-0.25, -0.2) is 0 Å². The van der Waals surface area contributed by atoms with Crippen molar-refractivity contribution in [2.24, 2.45) is 0 Å². The van der Waals surface area contributed by atoms with Crippen LogP contribution in [-0.2, 0) is 11.0 Å². The van der Waals surface area contributed by atoms with Crippen LogP contribution in [0, 0.1) is 0 Å². The van der Waals surface area contributed by atoms with Crippen LogP contribution in [0.25, 0.3) is 0 Å². The van der Waals surface area contributed by atoms with E-state index in [0.29, 0.717) is 6.54 Å². The lowest BCUT2D eigenvalue weighted by Crippen LogP contribution is -3.10. The Balaban J connectivity index is 1.72. The molecular formula is C17H22F3N2OS+. The number of amides is 1. The molecular weight excluding hydrogens is 337 g/mol. The Morgan fingerprint density at radius 2 is 1.83 bits per heavy atom. The molecule has 2 fully saturated rings. The molecule has 0 spiro atoms. The van der Waals surface area contributed by atoms with E-state index in [0.717, 1.165) is 37.3 Å². The van der Waals surface area contributed by atoms with Crippen molar-refractivity contribution in [1.29, 1.82) is 0 Å². The van der Waals surface area contributed by atoms with Gasteiger partial charge in [0.25, 0.3) is 0 Å². The summed E-state index contributed by atoms with van der Waals surface area (Å²) in [7, 11) is 0. The van der Waals surface area contributed by atoms with Crippen molar-refractivity contribution < 1.29 is 22.9 Å². The minimum absolute atomic E-state index is 0.0866. The van der Waals surface area contributed by atoms with E-state index in [1.54, 1.807) is 0 Å². The molecule has 0 radical (unpaired) electrons. The molecule has 2 saturated heterocycles. The summed E-state index contributed by atoms with van der Waals surface area (Å²) in [6.07, 6.45) is -1.86. The van der Waals surface area contributed by atoms with Gasteiger partial charge in [0.15, 0.2) is 0 Å². The zero-order chi connectivity index (χ0) is 17.3. The molecule has 2 aliphatic heterocycles. The van der Waals surface area contributed by atoms with Gasteiger partial charge in [-0.15, -0.1) is 11.8 Å². The Morgan fingerprint density at radius 3 is 2.42 bits per heavy atom. The Kier molecular flexibility index (Phi) is 5.11. The Hall–Kier alpha value is -1.21. The second kappa shape index (κ2) is 6.96. The number of hydrogen-bond donors (Lipinski definition) is 1. The molecule has 2 heterocycles. The third-order valence-electron chi connectivity index (χ3n) is 4.79. The fourth-order valence-corrected chi connectivity index (χ4v) is 4.71. The lowest BCUT2D eigenvalue weighted by molar-refractivity contribution is -0.886. The molecule has 0 aliphatic carbocycles. The number of likely N-dealkylation sites (tertiary alicyclic amines) is 1. The molecule has 0 bridgehead atoms. The van der Waals surface area contributed by atoms with E-state index in [2.05, 4.69) is 0 Å². The fourth-order valence-electron chi connectivity index (χ4n) is 3.40. The SMILES string of the molecule is C[C@@H]1S[C@H](c2ccc(C(F)(F)F)cc2)N(CC[NH+]2CCCC2)C1=O. The zero-order valence-electron chi connectivity index (χ0n) is 13.6. The summed E-state index contributed by atoms with van der Waals surface area (Å²) in [5, 5.41) is -0.331. The van der Waals surface area contributed by atoms with E-state index in [4.69, 9.17) is 0 Å². The number of nitrogens with zero attached hydrogens (tertiary/aromatic N) is 1. The van der Waals surface area contributed by atoms with Crippen molar-refractivity contribution in [3.05, 3.63) is 35.4 Å². The largest absolute Gasteiger partial charge is 0.416 e. The van der Waals surface area contributed by atoms with Crippen LogP contribution in [0.15, 0.2) is 24.3 Å². The minimum Gasteiger partial charge on any atom is -0.333 e. The standard InChI is InChI=1S/C17H21F3N2OS/c1-12-15(23)22(11-10-21-8-2-3-9-21)16(24-12)13-4-6-14(7-5-13)17(18,19)20/h4-7,12,16H,2-3,8-11H2,1H3/p+1/t12-,16+/m0/s1. The van der Waals surface area contributed by atoms with Crippen molar-refractivity contribution in [2.45, 2.75) is 36.6 Å². The van der Waals surface area contributed by atoms with Gasteiger partial charge < -0.3 is 9.80 Å². The molecule has 2 atom stereocenters. The average molecular weight is 359 g/mol. The lowest BCUT2D eigenvalue weighted by Gasteiger charge is -2.25. The molecule has 1 aromatic carbocycles. The zero-order valence-corrected chi connectivity index (χ0v) is 14.4. The number of hydrogen-bond acceptors (Lipinski definition) is 2. The van der Waals surface area contributed by atoms with Gasteiger partial charge in [-0.2, -0.15) is 13.2 Å². The number of rotatable bonds is 4. The predicted octanol–water partition coefficient (Wildman–Crippen LogP) is 2.35. The van der Waals surface area contributed by atoms with Crippen LogP contribution in [0.3, 0.4) is 0 Å². The van der Waals surface area contributed by atoms with Crippen LogP contribution in [-0.4, -0.2) is 42.2 Å². The molecule has 1 aromatic rings. The first kappa shape index (κ1) is 17.6. The molecule has 24 heavy (non-hydrogen) atoms. The molecule has 1 N–H and O–H groups in total. The highest BCUT2D eigenvalue weighted by atomic mass is 32.2. The number of quaternary nitrogens is 1. The summed E-state index contributed by atoms with van der Waals surface area (Å²) in [4.78, 5) is 15.8. The predicted molar refractivity (Wildman–Crippen MR) is 87.7 cm³/mol. The molecule has 0 aromatic heterocycles. The van der Waals surface area contributed by atoms with Crippen molar-refractivity contribution in [2.75, 3.05) is 26.2 Å². The monoisotopic (exact) mass is 359 g/mol. The summed E-state index contributed by atoms with van der Waals surface area (Å²) in [5.74, 6) is 0.0866. The van der Waals surface area contributed by atoms with Crippen LogP contribution in [0.2, 0.25) is 0 Å². The van der Waals surface area contributed by atoms with Crippen molar-refractivity contribution in [1.82, 2.24) is 4.90 Å². The normalized spacial score (nSPS) is 25.7.